The van der Waals surface area contributed by atoms with E-state index in [0.29, 0.717) is 39.9 Å². The molecule has 0 fully saturated rings. The Hall–Kier alpha value is -3.68. The summed E-state index contributed by atoms with van der Waals surface area (Å²) < 4.78 is 32.5. The average molecular weight is 442 g/mol. The zero-order valence-corrected chi connectivity index (χ0v) is 18.9. The number of hydrogen-bond acceptors (Lipinski definition) is 8. The Bertz CT molecular complexity index is 1060. The molecular weight excluding hydrogens is 416 g/mol. The van der Waals surface area contributed by atoms with Gasteiger partial charge in [0.15, 0.2) is 23.9 Å². The second kappa shape index (κ2) is 9.21. The lowest BCUT2D eigenvalue weighted by atomic mass is 10.1. The maximum Gasteiger partial charge on any atom is 0.344 e. The molecule has 1 heterocycles. The van der Waals surface area contributed by atoms with Gasteiger partial charge >= 0.3 is 5.97 Å². The van der Waals surface area contributed by atoms with Crippen LogP contribution in [0.3, 0.4) is 0 Å². The van der Waals surface area contributed by atoms with Crippen LogP contribution in [0.15, 0.2) is 36.1 Å². The first-order chi connectivity index (χ1) is 15.1. The van der Waals surface area contributed by atoms with Crippen molar-refractivity contribution in [2.75, 3.05) is 27.9 Å². The summed E-state index contributed by atoms with van der Waals surface area (Å²) in [6.45, 7) is 5.08. The molecule has 1 aliphatic heterocycles. The van der Waals surface area contributed by atoms with E-state index in [1.807, 2.05) is 0 Å². The number of fused-ring (bicyclic) bond motifs is 1. The predicted molar refractivity (Wildman–Crippen MR) is 117 cm³/mol. The molecule has 0 bridgehead atoms. The molecule has 0 aromatic heterocycles. The van der Waals surface area contributed by atoms with Crippen molar-refractivity contribution in [3.63, 3.8) is 0 Å². The highest BCUT2D eigenvalue weighted by molar-refractivity contribution is 6.14. The first kappa shape index (κ1) is 23.0. The molecular formula is C24H26O8. The minimum absolute atomic E-state index is 0.120. The number of rotatable bonds is 7. The number of Topliss-reactive ketones (excluding diaryl/α,β-unsaturated/α-hetero) is 1. The molecule has 0 saturated heterocycles. The highest BCUT2D eigenvalue weighted by Gasteiger charge is 2.28. The van der Waals surface area contributed by atoms with Gasteiger partial charge in [0.2, 0.25) is 5.78 Å². The number of benzene rings is 2. The number of ketones is 1. The van der Waals surface area contributed by atoms with E-state index in [-0.39, 0.29) is 18.1 Å². The summed E-state index contributed by atoms with van der Waals surface area (Å²) in [7, 11) is 4.56. The summed E-state index contributed by atoms with van der Waals surface area (Å²) in [5.41, 5.74) is 0.377. The van der Waals surface area contributed by atoms with Crippen molar-refractivity contribution in [3.8, 4) is 28.7 Å². The second-order valence-corrected chi connectivity index (χ2v) is 7.92. The number of ether oxygens (including phenoxy) is 6. The predicted octanol–water partition coefficient (Wildman–Crippen LogP) is 4.05. The first-order valence-electron chi connectivity index (χ1n) is 9.88. The molecule has 0 amide bonds. The highest BCUT2D eigenvalue weighted by atomic mass is 16.6. The molecule has 0 radical (unpaired) electrons. The number of esters is 1. The number of carbonyl (C=O) groups excluding carboxylic acids is 2. The highest BCUT2D eigenvalue weighted by Crippen LogP contribution is 2.39. The minimum Gasteiger partial charge on any atom is -0.496 e. The molecule has 0 spiro atoms. The summed E-state index contributed by atoms with van der Waals surface area (Å²) in [5.74, 6) is 1.54. The van der Waals surface area contributed by atoms with Gasteiger partial charge in [0.1, 0.15) is 22.8 Å². The van der Waals surface area contributed by atoms with Crippen LogP contribution >= 0.6 is 0 Å². The van der Waals surface area contributed by atoms with Crippen LogP contribution in [0.5, 0.6) is 28.7 Å². The van der Waals surface area contributed by atoms with Crippen LogP contribution in [0.1, 0.15) is 36.7 Å². The van der Waals surface area contributed by atoms with Crippen molar-refractivity contribution < 1.29 is 38.0 Å². The van der Waals surface area contributed by atoms with E-state index in [1.54, 1.807) is 57.2 Å². The van der Waals surface area contributed by atoms with E-state index >= 15 is 0 Å². The molecule has 8 nitrogen and oxygen atoms in total. The van der Waals surface area contributed by atoms with Gasteiger partial charge in [-0.05, 0) is 45.0 Å². The summed E-state index contributed by atoms with van der Waals surface area (Å²) in [6, 6.07) is 8.11. The molecule has 0 N–H and O–H groups in total. The zero-order valence-electron chi connectivity index (χ0n) is 18.9. The number of methoxy groups -OCH3 is 3. The van der Waals surface area contributed by atoms with Crippen molar-refractivity contribution in [2.24, 2.45) is 0 Å². The fourth-order valence-electron chi connectivity index (χ4n) is 3.08. The number of allylic oxidation sites excluding steroid dienone is 1. The van der Waals surface area contributed by atoms with Crippen LogP contribution < -0.4 is 23.7 Å². The van der Waals surface area contributed by atoms with E-state index in [2.05, 4.69) is 0 Å². The second-order valence-electron chi connectivity index (χ2n) is 7.92. The maximum absolute atomic E-state index is 12.8. The van der Waals surface area contributed by atoms with Crippen molar-refractivity contribution in [1.29, 1.82) is 0 Å². The van der Waals surface area contributed by atoms with E-state index in [0.717, 1.165) is 0 Å². The van der Waals surface area contributed by atoms with Gasteiger partial charge in [0, 0.05) is 17.7 Å². The SMILES string of the molecule is COc1cc(OC)c(OC)cc1C=C1Oc2cc(OCC(=O)OC(C)(C)C)ccc2C1=O. The van der Waals surface area contributed by atoms with Crippen LogP contribution in [-0.2, 0) is 9.53 Å². The van der Waals surface area contributed by atoms with E-state index in [4.69, 9.17) is 28.4 Å². The van der Waals surface area contributed by atoms with Crippen molar-refractivity contribution in [3.05, 3.63) is 47.2 Å². The third-order valence-corrected chi connectivity index (χ3v) is 4.44. The lowest BCUT2D eigenvalue weighted by molar-refractivity contribution is -0.157. The van der Waals surface area contributed by atoms with Crippen LogP contribution in [0, 0.1) is 0 Å². The number of carbonyl (C=O) groups is 2. The van der Waals surface area contributed by atoms with Gasteiger partial charge in [-0.15, -0.1) is 0 Å². The average Bonchev–Trinajstić information content (AvgIpc) is 3.05. The van der Waals surface area contributed by atoms with Gasteiger partial charge in [-0.2, -0.15) is 0 Å². The Labute approximate surface area is 186 Å². The summed E-state index contributed by atoms with van der Waals surface area (Å²) in [6.07, 6.45) is 1.57. The van der Waals surface area contributed by atoms with Gasteiger partial charge < -0.3 is 28.4 Å². The van der Waals surface area contributed by atoms with E-state index in [1.165, 1.54) is 21.3 Å². The van der Waals surface area contributed by atoms with Crippen LogP contribution in [0.2, 0.25) is 0 Å². The van der Waals surface area contributed by atoms with Crippen LogP contribution in [-0.4, -0.2) is 45.3 Å². The van der Waals surface area contributed by atoms with Crippen LogP contribution in [0.4, 0.5) is 0 Å². The first-order valence-corrected chi connectivity index (χ1v) is 9.88. The Balaban J connectivity index is 1.81. The Morgan fingerprint density at radius 2 is 1.62 bits per heavy atom. The third kappa shape index (κ3) is 5.14. The van der Waals surface area contributed by atoms with Gasteiger partial charge in [-0.1, -0.05) is 0 Å². The van der Waals surface area contributed by atoms with Gasteiger partial charge in [-0.25, -0.2) is 4.79 Å². The van der Waals surface area contributed by atoms with Crippen LogP contribution in [0.25, 0.3) is 6.08 Å². The normalized spacial score (nSPS) is 13.9. The topological polar surface area (TPSA) is 89.5 Å². The molecule has 0 saturated carbocycles. The molecule has 0 unspecified atom stereocenters. The number of hydrogen-bond donors (Lipinski definition) is 0. The molecule has 0 aliphatic carbocycles. The molecule has 0 atom stereocenters. The maximum atomic E-state index is 12.8. The molecule has 8 heteroatoms. The fraction of sp³-hybridized carbons (Fsp3) is 0.333. The summed E-state index contributed by atoms with van der Waals surface area (Å²) >= 11 is 0. The quantitative estimate of drug-likeness (QED) is 0.469. The van der Waals surface area contributed by atoms with Gasteiger partial charge in [0.25, 0.3) is 0 Å². The van der Waals surface area contributed by atoms with Crippen molar-refractivity contribution in [2.45, 2.75) is 26.4 Å². The monoisotopic (exact) mass is 442 g/mol. The Morgan fingerprint density at radius 1 is 0.969 bits per heavy atom. The lowest BCUT2D eigenvalue weighted by Gasteiger charge is -2.19. The van der Waals surface area contributed by atoms with Gasteiger partial charge in [-0.3, -0.25) is 4.79 Å². The standard InChI is InChI=1S/C24H26O8/c1-24(2,3)32-22(25)13-30-15-7-8-16-18(11-15)31-21(23(16)26)10-14-9-19(28-5)20(29-6)12-17(14)27-4/h7-12H,13H2,1-6H3. The lowest BCUT2D eigenvalue weighted by Crippen LogP contribution is -2.27. The molecule has 2 aromatic rings. The fourth-order valence-corrected chi connectivity index (χ4v) is 3.08. The molecule has 3 rings (SSSR count). The molecule has 1 aliphatic rings. The zero-order chi connectivity index (χ0) is 23.5. The molecule has 170 valence electrons. The Kier molecular flexibility index (Phi) is 6.62. The third-order valence-electron chi connectivity index (χ3n) is 4.44. The van der Waals surface area contributed by atoms with E-state index in [9.17, 15) is 9.59 Å². The Morgan fingerprint density at radius 3 is 2.25 bits per heavy atom. The van der Waals surface area contributed by atoms with Gasteiger partial charge in [0.05, 0.1) is 26.9 Å². The minimum atomic E-state index is -0.598. The van der Waals surface area contributed by atoms with Crippen molar-refractivity contribution >= 4 is 17.8 Å². The van der Waals surface area contributed by atoms with E-state index < -0.39 is 11.6 Å². The molecule has 2 aromatic carbocycles. The summed E-state index contributed by atoms with van der Waals surface area (Å²) in [5, 5.41) is 0. The van der Waals surface area contributed by atoms with Crippen molar-refractivity contribution in [1.82, 2.24) is 0 Å². The summed E-state index contributed by atoms with van der Waals surface area (Å²) in [4.78, 5) is 24.7. The smallest absolute Gasteiger partial charge is 0.344 e. The largest absolute Gasteiger partial charge is 0.496 e. The molecule has 32 heavy (non-hydrogen) atoms.